The average molecular weight is 292 g/mol. The van der Waals surface area contributed by atoms with Crippen LogP contribution in [-0.2, 0) is 9.59 Å². The molecule has 0 aliphatic heterocycles. The lowest BCUT2D eigenvalue weighted by atomic mass is 10.0. The Morgan fingerprint density at radius 1 is 1.38 bits per heavy atom. The molecule has 1 saturated carbocycles. The van der Waals surface area contributed by atoms with E-state index in [0.29, 0.717) is 11.4 Å². The normalized spacial score (nSPS) is 16.7. The van der Waals surface area contributed by atoms with Crippen molar-refractivity contribution < 1.29 is 19.4 Å². The van der Waals surface area contributed by atoms with Crippen molar-refractivity contribution in [1.82, 2.24) is 5.32 Å². The van der Waals surface area contributed by atoms with Crippen LogP contribution in [0, 0.1) is 5.92 Å². The molecule has 1 aromatic carbocycles. The number of rotatable bonds is 5. The molecule has 1 aliphatic carbocycles. The maximum Gasteiger partial charge on any atom is 0.313 e. The summed E-state index contributed by atoms with van der Waals surface area (Å²) in [6.45, 7) is 1.74. The minimum Gasteiger partial charge on any atom is -0.497 e. The van der Waals surface area contributed by atoms with Gasteiger partial charge in [0.15, 0.2) is 0 Å². The fraction of sp³-hybridized carbons (Fsp3) is 0.467. The number of ether oxygens (including phenoxy) is 1. The third kappa shape index (κ3) is 4.19. The number of aliphatic hydroxyl groups is 1. The van der Waals surface area contributed by atoms with Gasteiger partial charge in [-0.3, -0.25) is 9.59 Å². The predicted molar refractivity (Wildman–Crippen MR) is 78.0 cm³/mol. The third-order valence-corrected chi connectivity index (χ3v) is 3.60. The highest BCUT2D eigenvalue weighted by atomic mass is 16.5. The summed E-state index contributed by atoms with van der Waals surface area (Å²) in [6.07, 6.45) is 1.91. The molecule has 0 spiro atoms. The molecule has 1 atom stereocenters. The van der Waals surface area contributed by atoms with Gasteiger partial charge >= 0.3 is 11.8 Å². The van der Waals surface area contributed by atoms with Gasteiger partial charge in [-0.15, -0.1) is 0 Å². The standard InChI is InChI=1S/C15H20N2O4/c1-15(20,10-6-7-10)9-16-13(18)14(19)17-11-4-3-5-12(8-11)21-2/h3-5,8,10,20H,6-7,9H2,1-2H3,(H,16,18)(H,17,19). The zero-order valence-corrected chi connectivity index (χ0v) is 12.2. The number of amides is 2. The van der Waals surface area contributed by atoms with Crippen LogP contribution in [0.15, 0.2) is 24.3 Å². The Balaban J connectivity index is 1.85. The molecule has 0 radical (unpaired) electrons. The summed E-state index contributed by atoms with van der Waals surface area (Å²) in [5.74, 6) is -0.738. The molecule has 1 aromatic rings. The van der Waals surface area contributed by atoms with Crippen LogP contribution in [0.4, 0.5) is 5.69 Å². The zero-order chi connectivity index (χ0) is 15.5. The van der Waals surface area contributed by atoms with Crippen molar-refractivity contribution in [3.05, 3.63) is 24.3 Å². The van der Waals surface area contributed by atoms with E-state index in [0.717, 1.165) is 12.8 Å². The van der Waals surface area contributed by atoms with Gasteiger partial charge in [0.1, 0.15) is 5.75 Å². The van der Waals surface area contributed by atoms with Crippen LogP contribution in [0.2, 0.25) is 0 Å². The van der Waals surface area contributed by atoms with E-state index in [9.17, 15) is 14.7 Å². The average Bonchev–Trinajstić information content (AvgIpc) is 3.30. The molecule has 1 unspecified atom stereocenters. The van der Waals surface area contributed by atoms with Crippen LogP contribution in [0.5, 0.6) is 5.75 Å². The summed E-state index contributed by atoms with van der Waals surface area (Å²) >= 11 is 0. The van der Waals surface area contributed by atoms with E-state index in [1.54, 1.807) is 31.2 Å². The highest BCUT2D eigenvalue weighted by molar-refractivity contribution is 6.39. The van der Waals surface area contributed by atoms with E-state index in [1.807, 2.05) is 0 Å². The lowest BCUT2D eigenvalue weighted by Crippen LogP contribution is -2.45. The Morgan fingerprint density at radius 2 is 2.10 bits per heavy atom. The lowest BCUT2D eigenvalue weighted by molar-refractivity contribution is -0.136. The van der Waals surface area contributed by atoms with Crippen LogP contribution < -0.4 is 15.4 Å². The van der Waals surface area contributed by atoms with Gasteiger partial charge in [-0.25, -0.2) is 0 Å². The summed E-state index contributed by atoms with van der Waals surface area (Å²) in [5, 5.41) is 15.0. The van der Waals surface area contributed by atoms with Crippen LogP contribution >= 0.6 is 0 Å². The number of methoxy groups -OCH3 is 1. The van der Waals surface area contributed by atoms with Gasteiger partial charge in [0, 0.05) is 18.3 Å². The van der Waals surface area contributed by atoms with Gasteiger partial charge < -0.3 is 20.5 Å². The smallest absolute Gasteiger partial charge is 0.313 e. The van der Waals surface area contributed by atoms with Crippen LogP contribution in [0.25, 0.3) is 0 Å². The minimum absolute atomic E-state index is 0.0715. The van der Waals surface area contributed by atoms with Gasteiger partial charge in [0.05, 0.1) is 12.7 Å². The molecule has 2 amide bonds. The van der Waals surface area contributed by atoms with Crippen molar-refractivity contribution in [2.75, 3.05) is 19.0 Å². The molecule has 0 saturated heterocycles. The fourth-order valence-electron chi connectivity index (χ4n) is 2.08. The van der Waals surface area contributed by atoms with Gasteiger partial charge in [-0.05, 0) is 37.8 Å². The molecule has 6 nitrogen and oxygen atoms in total. The van der Waals surface area contributed by atoms with Crippen molar-refractivity contribution in [2.24, 2.45) is 5.92 Å². The molecule has 3 N–H and O–H groups in total. The molecular formula is C15H20N2O4. The lowest BCUT2D eigenvalue weighted by Gasteiger charge is -2.22. The van der Waals surface area contributed by atoms with Crippen molar-refractivity contribution in [3.8, 4) is 5.75 Å². The SMILES string of the molecule is COc1cccc(NC(=O)C(=O)NCC(C)(O)C2CC2)c1. The highest BCUT2D eigenvalue weighted by Gasteiger charge is 2.40. The van der Waals surface area contributed by atoms with E-state index >= 15 is 0 Å². The zero-order valence-electron chi connectivity index (χ0n) is 12.2. The van der Waals surface area contributed by atoms with E-state index in [4.69, 9.17) is 4.74 Å². The largest absolute Gasteiger partial charge is 0.497 e. The first-order valence-corrected chi connectivity index (χ1v) is 6.88. The molecule has 0 aromatic heterocycles. The molecule has 0 bridgehead atoms. The maximum absolute atomic E-state index is 11.8. The van der Waals surface area contributed by atoms with E-state index in [-0.39, 0.29) is 12.5 Å². The van der Waals surface area contributed by atoms with Crippen molar-refractivity contribution in [3.63, 3.8) is 0 Å². The summed E-state index contributed by atoms with van der Waals surface area (Å²) < 4.78 is 5.04. The predicted octanol–water partition coefficient (Wildman–Crippen LogP) is 0.911. The molecule has 1 aliphatic rings. The van der Waals surface area contributed by atoms with Gasteiger partial charge in [0.25, 0.3) is 0 Å². The Morgan fingerprint density at radius 3 is 2.71 bits per heavy atom. The van der Waals surface area contributed by atoms with Gasteiger partial charge in [-0.1, -0.05) is 6.07 Å². The fourth-order valence-corrected chi connectivity index (χ4v) is 2.08. The molecule has 6 heteroatoms. The first-order chi connectivity index (χ1) is 9.92. The quantitative estimate of drug-likeness (QED) is 0.704. The van der Waals surface area contributed by atoms with Crippen molar-refractivity contribution >= 4 is 17.5 Å². The minimum atomic E-state index is -0.952. The van der Waals surface area contributed by atoms with Gasteiger partial charge in [-0.2, -0.15) is 0 Å². The Bertz CT molecular complexity index is 538. The highest BCUT2D eigenvalue weighted by Crippen LogP contribution is 2.38. The van der Waals surface area contributed by atoms with E-state index in [1.165, 1.54) is 7.11 Å². The molecular weight excluding hydrogens is 272 g/mol. The first-order valence-electron chi connectivity index (χ1n) is 6.88. The van der Waals surface area contributed by atoms with E-state index in [2.05, 4.69) is 10.6 Å². The summed E-state index contributed by atoms with van der Waals surface area (Å²) in [4.78, 5) is 23.5. The number of carbonyl (C=O) groups is 2. The number of hydrogen-bond donors (Lipinski definition) is 3. The second-order valence-corrected chi connectivity index (χ2v) is 5.50. The van der Waals surface area contributed by atoms with Crippen LogP contribution in [0.1, 0.15) is 19.8 Å². The Kier molecular flexibility index (Phi) is 4.47. The molecule has 1 fully saturated rings. The summed E-state index contributed by atoms with van der Waals surface area (Å²) in [7, 11) is 1.52. The Hall–Kier alpha value is -2.08. The second-order valence-electron chi connectivity index (χ2n) is 5.50. The number of carbonyl (C=O) groups excluding carboxylic acids is 2. The van der Waals surface area contributed by atoms with Crippen LogP contribution in [0.3, 0.4) is 0 Å². The maximum atomic E-state index is 11.8. The number of hydrogen-bond acceptors (Lipinski definition) is 4. The van der Waals surface area contributed by atoms with E-state index < -0.39 is 17.4 Å². The first kappa shape index (κ1) is 15.3. The Labute approximate surface area is 123 Å². The number of benzene rings is 1. The van der Waals surface area contributed by atoms with Crippen molar-refractivity contribution in [1.29, 1.82) is 0 Å². The topological polar surface area (TPSA) is 87.7 Å². The number of nitrogens with one attached hydrogen (secondary N) is 2. The summed E-state index contributed by atoms with van der Waals surface area (Å²) in [6, 6.07) is 6.73. The monoisotopic (exact) mass is 292 g/mol. The summed E-state index contributed by atoms with van der Waals surface area (Å²) in [5.41, 5.74) is -0.477. The molecule has 2 rings (SSSR count). The van der Waals surface area contributed by atoms with Crippen molar-refractivity contribution in [2.45, 2.75) is 25.4 Å². The third-order valence-electron chi connectivity index (χ3n) is 3.60. The number of anilines is 1. The second kappa shape index (κ2) is 6.13. The van der Waals surface area contributed by atoms with Crippen LogP contribution in [-0.4, -0.2) is 36.2 Å². The molecule has 21 heavy (non-hydrogen) atoms. The molecule has 0 heterocycles. The van der Waals surface area contributed by atoms with Gasteiger partial charge in [0.2, 0.25) is 0 Å². The molecule has 114 valence electrons.